The summed E-state index contributed by atoms with van der Waals surface area (Å²) in [5, 5.41) is 30.3. The summed E-state index contributed by atoms with van der Waals surface area (Å²) in [7, 11) is 0. The molecule has 3 N–H and O–H groups in total. The molecular formula is C27H44O3. The molecule has 3 saturated carbocycles. The van der Waals surface area contributed by atoms with Gasteiger partial charge in [-0.05, 0) is 107 Å². The zero-order valence-corrected chi connectivity index (χ0v) is 19.7. The van der Waals surface area contributed by atoms with E-state index in [0.717, 1.165) is 25.7 Å². The van der Waals surface area contributed by atoms with Crippen LogP contribution in [0.2, 0.25) is 0 Å². The normalized spacial score (nSPS) is 37.4. The molecule has 6 atom stereocenters. The second kappa shape index (κ2) is 9.30. The van der Waals surface area contributed by atoms with Crippen molar-refractivity contribution in [2.24, 2.45) is 23.2 Å². The van der Waals surface area contributed by atoms with Crippen molar-refractivity contribution in [3.63, 3.8) is 0 Å². The average Bonchev–Trinajstić information content (AvgIpc) is 3.03. The van der Waals surface area contributed by atoms with Gasteiger partial charge >= 0.3 is 0 Å². The molecule has 0 saturated heterocycles. The van der Waals surface area contributed by atoms with Gasteiger partial charge in [0, 0.05) is 0 Å². The average molecular weight is 417 g/mol. The SMILES string of the molecule is C=C1CC[C@H](O)C/C1=C/C=C1CCC[C@]2(C)[C@@H]([C@H](C)CCC(O)C(C)(C)O)CC[C@@H]12. The third-order valence-corrected chi connectivity index (χ3v) is 8.62. The summed E-state index contributed by atoms with van der Waals surface area (Å²) in [5.41, 5.74) is 3.34. The molecule has 0 aromatic carbocycles. The van der Waals surface area contributed by atoms with Crippen molar-refractivity contribution in [1.29, 1.82) is 0 Å². The zero-order valence-electron chi connectivity index (χ0n) is 19.7. The van der Waals surface area contributed by atoms with E-state index in [1.807, 2.05) is 0 Å². The summed E-state index contributed by atoms with van der Waals surface area (Å²) < 4.78 is 0. The lowest BCUT2D eigenvalue weighted by molar-refractivity contribution is -0.0554. The summed E-state index contributed by atoms with van der Waals surface area (Å²) in [5.74, 6) is 1.89. The molecular weight excluding hydrogens is 372 g/mol. The van der Waals surface area contributed by atoms with Crippen LogP contribution < -0.4 is 0 Å². The molecule has 3 aliphatic carbocycles. The molecule has 3 rings (SSSR count). The fourth-order valence-corrected chi connectivity index (χ4v) is 6.58. The van der Waals surface area contributed by atoms with Crippen LogP contribution in [0.25, 0.3) is 0 Å². The van der Waals surface area contributed by atoms with E-state index < -0.39 is 11.7 Å². The van der Waals surface area contributed by atoms with Gasteiger partial charge in [-0.2, -0.15) is 0 Å². The van der Waals surface area contributed by atoms with Gasteiger partial charge in [-0.1, -0.05) is 43.7 Å². The van der Waals surface area contributed by atoms with Crippen LogP contribution in [0.1, 0.15) is 91.9 Å². The molecule has 3 heteroatoms. The molecule has 30 heavy (non-hydrogen) atoms. The van der Waals surface area contributed by atoms with Crippen LogP contribution in [-0.4, -0.2) is 33.1 Å². The first kappa shape index (κ1) is 23.8. The van der Waals surface area contributed by atoms with E-state index in [2.05, 4.69) is 32.6 Å². The lowest BCUT2D eigenvalue weighted by Gasteiger charge is -2.44. The first-order valence-corrected chi connectivity index (χ1v) is 12.2. The topological polar surface area (TPSA) is 60.7 Å². The number of aliphatic hydroxyl groups is 3. The molecule has 0 bridgehead atoms. The highest BCUT2D eigenvalue weighted by atomic mass is 16.3. The Labute approximate surface area is 184 Å². The van der Waals surface area contributed by atoms with Crippen LogP contribution in [-0.2, 0) is 0 Å². The van der Waals surface area contributed by atoms with Gasteiger partial charge in [-0.15, -0.1) is 0 Å². The van der Waals surface area contributed by atoms with Crippen LogP contribution in [0.4, 0.5) is 0 Å². The van der Waals surface area contributed by atoms with E-state index in [4.69, 9.17) is 0 Å². The van der Waals surface area contributed by atoms with E-state index in [1.54, 1.807) is 19.4 Å². The molecule has 0 aromatic heterocycles. The van der Waals surface area contributed by atoms with Gasteiger partial charge in [0.1, 0.15) is 0 Å². The second-order valence-corrected chi connectivity index (χ2v) is 11.3. The third kappa shape index (κ3) is 5.11. The van der Waals surface area contributed by atoms with Crippen molar-refractivity contribution in [2.75, 3.05) is 0 Å². The molecule has 0 spiro atoms. The Bertz CT molecular complexity index is 683. The Kier molecular flexibility index (Phi) is 7.37. The first-order valence-electron chi connectivity index (χ1n) is 12.2. The van der Waals surface area contributed by atoms with E-state index in [0.29, 0.717) is 29.6 Å². The van der Waals surface area contributed by atoms with Crippen molar-refractivity contribution < 1.29 is 15.3 Å². The van der Waals surface area contributed by atoms with Gasteiger partial charge in [0.05, 0.1) is 17.8 Å². The lowest BCUT2D eigenvalue weighted by Crippen LogP contribution is -2.38. The van der Waals surface area contributed by atoms with Gasteiger partial charge in [0.25, 0.3) is 0 Å². The fourth-order valence-electron chi connectivity index (χ4n) is 6.58. The highest BCUT2D eigenvalue weighted by Gasteiger charge is 2.50. The monoisotopic (exact) mass is 416 g/mol. The van der Waals surface area contributed by atoms with Gasteiger partial charge < -0.3 is 15.3 Å². The number of aliphatic hydroxyl groups excluding tert-OH is 2. The zero-order chi connectivity index (χ0) is 22.1. The summed E-state index contributed by atoms with van der Waals surface area (Å²) in [4.78, 5) is 0. The number of hydrogen-bond acceptors (Lipinski definition) is 3. The van der Waals surface area contributed by atoms with E-state index in [-0.39, 0.29) is 6.10 Å². The number of fused-ring (bicyclic) bond motifs is 1. The Hall–Kier alpha value is -0.900. The Morgan fingerprint density at radius 2 is 1.90 bits per heavy atom. The van der Waals surface area contributed by atoms with Crippen molar-refractivity contribution in [1.82, 2.24) is 0 Å². The van der Waals surface area contributed by atoms with E-state index >= 15 is 0 Å². The molecule has 170 valence electrons. The minimum Gasteiger partial charge on any atom is -0.393 e. The maximum Gasteiger partial charge on any atom is 0.0849 e. The molecule has 3 fully saturated rings. The summed E-state index contributed by atoms with van der Waals surface area (Å²) in [6.45, 7) is 12.5. The molecule has 0 radical (unpaired) electrons. The van der Waals surface area contributed by atoms with Crippen LogP contribution >= 0.6 is 0 Å². The van der Waals surface area contributed by atoms with Crippen LogP contribution in [0.5, 0.6) is 0 Å². The summed E-state index contributed by atoms with van der Waals surface area (Å²) in [6.07, 6.45) is 14.1. The van der Waals surface area contributed by atoms with Gasteiger partial charge in [0.15, 0.2) is 0 Å². The van der Waals surface area contributed by atoms with Crippen molar-refractivity contribution >= 4 is 0 Å². The highest BCUT2D eigenvalue weighted by molar-refractivity contribution is 5.36. The Balaban J connectivity index is 1.69. The number of rotatable bonds is 6. The summed E-state index contributed by atoms with van der Waals surface area (Å²) >= 11 is 0. The third-order valence-electron chi connectivity index (χ3n) is 8.62. The van der Waals surface area contributed by atoms with Crippen molar-refractivity contribution in [2.45, 2.75) is 110 Å². The molecule has 0 heterocycles. The lowest BCUT2D eigenvalue weighted by atomic mass is 9.60. The maximum absolute atomic E-state index is 10.3. The predicted octanol–water partition coefficient (Wildman–Crippen LogP) is 5.70. The van der Waals surface area contributed by atoms with Crippen molar-refractivity contribution in [3.8, 4) is 0 Å². The van der Waals surface area contributed by atoms with E-state index in [1.165, 1.54) is 43.3 Å². The largest absolute Gasteiger partial charge is 0.393 e. The van der Waals surface area contributed by atoms with Gasteiger partial charge in [-0.3, -0.25) is 0 Å². The van der Waals surface area contributed by atoms with Crippen molar-refractivity contribution in [3.05, 3.63) is 35.5 Å². The maximum atomic E-state index is 10.3. The molecule has 0 aromatic rings. The number of hydrogen-bond donors (Lipinski definition) is 3. The standard InChI is InChI=1S/C27H44O3/c1-18-8-12-22(28)17-21(18)11-10-20-7-6-16-27(5)23(13-14-24(20)27)19(2)9-15-25(29)26(3,4)30/h10-11,19,22-25,28-30H,1,6-9,12-17H2,2-5H3/b20-10?,21-11-/t19-,22+,23-,24+,25?,27-/m1/s1. The smallest absolute Gasteiger partial charge is 0.0849 e. The first-order chi connectivity index (χ1) is 14.0. The van der Waals surface area contributed by atoms with Gasteiger partial charge in [-0.25, -0.2) is 0 Å². The van der Waals surface area contributed by atoms with Crippen LogP contribution in [0, 0.1) is 23.2 Å². The second-order valence-electron chi connectivity index (χ2n) is 11.3. The molecule has 3 nitrogen and oxygen atoms in total. The fraction of sp³-hybridized carbons (Fsp3) is 0.778. The Morgan fingerprint density at radius 3 is 2.60 bits per heavy atom. The van der Waals surface area contributed by atoms with Gasteiger partial charge in [0.2, 0.25) is 0 Å². The molecule has 3 aliphatic rings. The van der Waals surface area contributed by atoms with E-state index in [9.17, 15) is 15.3 Å². The minimum absolute atomic E-state index is 0.215. The molecule has 1 unspecified atom stereocenters. The highest BCUT2D eigenvalue weighted by Crippen LogP contribution is 2.60. The Morgan fingerprint density at radius 1 is 1.17 bits per heavy atom. The molecule has 0 amide bonds. The summed E-state index contributed by atoms with van der Waals surface area (Å²) in [6, 6.07) is 0. The number of allylic oxidation sites excluding steroid dienone is 4. The molecule has 0 aliphatic heterocycles. The van der Waals surface area contributed by atoms with Crippen LogP contribution in [0.3, 0.4) is 0 Å². The minimum atomic E-state index is -1.02. The predicted molar refractivity (Wildman–Crippen MR) is 124 cm³/mol. The quantitative estimate of drug-likeness (QED) is 0.520. The van der Waals surface area contributed by atoms with Crippen LogP contribution in [0.15, 0.2) is 35.5 Å².